The lowest BCUT2D eigenvalue weighted by Crippen LogP contribution is -1.99. The van der Waals surface area contributed by atoms with Crippen LogP contribution in [-0.2, 0) is 19.6 Å². The molecule has 0 fully saturated rings. The van der Waals surface area contributed by atoms with Crippen molar-refractivity contribution in [1.82, 2.24) is 4.90 Å². The zero-order valence-electron chi connectivity index (χ0n) is 10.4. The van der Waals surface area contributed by atoms with Crippen molar-refractivity contribution in [2.75, 3.05) is 34.0 Å². The van der Waals surface area contributed by atoms with E-state index in [2.05, 4.69) is 11.3 Å². The number of nitrogens with zero attached hydrogens (tertiary/aromatic N) is 1. The van der Waals surface area contributed by atoms with Crippen LogP contribution in [0.4, 0.5) is 0 Å². The Morgan fingerprint density at radius 2 is 1.69 bits per heavy atom. The van der Waals surface area contributed by atoms with Crippen LogP contribution in [0, 0.1) is 0 Å². The summed E-state index contributed by atoms with van der Waals surface area (Å²) in [6, 6.07) is 0. The fourth-order valence-corrected chi connectivity index (χ4v) is 0.201. The largest absolute Gasteiger partial charge is 0.463 e. The number of ether oxygens (including phenoxy) is 1. The number of rotatable bonds is 2. The van der Waals surface area contributed by atoms with Gasteiger partial charge in [-0.2, -0.15) is 8.42 Å². The number of carbonyl (C=O) groups excluding carboxylic acids is 1. The molecule has 16 heavy (non-hydrogen) atoms. The van der Waals surface area contributed by atoms with Gasteiger partial charge in [-0.05, 0) is 28.1 Å². The van der Waals surface area contributed by atoms with Crippen LogP contribution in [0.3, 0.4) is 0 Å². The van der Waals surface area contributed by atoms with Gasteiger partial charge in [-0.15, -0.1) is 0 Å². The first-order valence-corrected chi connectivity index (χ1v) is 6.22. The first-order valence-electron chi connectivity index (χ1n) is 4.37. The summed E-state index contributed by atoms with van der Waals surface area (Å²) in [5, 5.41) is 0. The Hall–Kier alpha value is -0.920. The SMILES string of the molecule is C=CC(=O)OCC.CN(C)C.CS(=O)(=O)O. The van der Waals surface area contributed by atoms with Gasteiger partial charge in [0.15, 0.2) is 0 Å². The van der Waals surface area contributed by atoms with E-state index in [1.807, 2.05) is 26.0 Å². The molecule has 0 rings (SSSR count). The standard InChI is InChI=1S/C5H8O2.C3H9N.CH4O3S/c1-3-5(6)7-4-2;1-4(2)3;1-5(2,3)4/h3H,1,4H2,2H3;1-3H3;1H3,(H,2,3,4). The molecule has 0 aliphatic heterocycles. The number of hydrogen-bond donors (Lipinski definition) is 1. The highest BCUT2D eigenvalue weighted by molar-refractivity contribution is 7.85. The van der Waals surface area contributed by atoms with Gasteiger partial charge in [-0.1, -0.05) is 6.58 Å². The summed E-state index contributed by atoms with van der Waals surface area (Å²) in [5.41, 5.74) is 0. The maximum Gasteiger partial charge on any atom is 0.330 e. The third kappa shape index (κ3) is 115. The van der Waals surface area contributed by atoms with Gasteiger partial charge in [-0.3, -0.25) is 4.55 Å². The Morgan fingerprint density at radius 1 is 1.44 bits per heavy atom. The van der Waals surface area contributed by atoms with Crippen molar-refractivity contribution in [2.45, 2.75) is 6.92 Å². The zero-order valence-corrected chi connectivity index (χ0v) is 11.2. The van der Waals surface area contributed by atoms with Crippen molar-refractivity contribution in [3.05, 3.63) is 12.7 Å². The lowest BCUT2D eigenvalue weighted by atomic mass is 10.6. The fraction of sp³-hybridized carbons (Fsp3) is 0.667. The Kier molecular flexibility index (Phi) is 15.6. The minimum absolute atomic E-state index is 0.359. The molecule has 7 heteroatoms. The molecule has 6 nitrogen and oxygen atoms in total. The molecule has 0 heterocycles. The van der Waals surface area contributed by atoms with Crippen LogP contribution >= 0.6 is 0 Å². The molecule has 0 bridgehead atoms. The molecule has 0 aromatic rings. The van der Waals surface area contributed by atoms with Crippen LogP contribution in [0.15, 0.2) is 12.7 Å². The van der Waals surface area contributed by atoms with E-state index >= 15 is 0 Å². The molecule has 0 saturated heterocycles. The van der Waals surface area contributed by atoms with Crippen LogP contribution in [0.1, 0.15) is 6.92 Å². The molecule has 1 N–H and O–H groups in total. The molecule has 0 aromatic heterocycles. The number of esters is 1. The van der Waals surface area contributed by atoms with Gasteiger partial charge in [-0.25, -0.2) is 4.79 Å². The van der Waals surface area contributed by atoms with E-state index in [4.69, 9.17) is 4.55 Å². The van der Waals surface area contributed by atoms with Gasteiger partial charge < -0.3 is 9.64 Å². The molecule has 0 saturated carbocycles. The summed E-state index contributed by atoms with van der Waals surface area (Å²) in [6.45, 7) is 5.38. The monoisotopic (exact) mass is 255 g/mol. The average molecular weight is 255 g/mol. The van der Waals surface area contributed by atoms with E-state index < -0.39 is 10.1 Å². The predicted octanol–water partition coefficient (Wildman–Crippen LogP) is 0.417. The smallest absolute Gasteiger partial charge is 0.330 e. The highest BCUT2D eigenvalue weighted by Gasteiger charge is 1.86. The van der Waals surface area contributed by atoms with E-state index in [0.717, 1.165) is 6.08 Å². The Labute approximate surface area is 97.6 Å². The van der Waals surface area contributed by atoms with Crippen molar-refractivity contribution >= 4 is 16.1 Å². The number of hydrogen-bond acceptors (Lipinski definition) is 5. The van der Waals surface area contributed by atoms with E-state index in [0.29, 0.717) is 12.9 Å². The van der Waals surface area contributed by atoms with Crippen LogP contribution < -0.4 is 0 Å². The van der Waals surface area contributed by atoms with E-state index in [1.54, 1.807) is 6.92 Å². The van der Waals surface area contributed by atoms with Crippen molar-refractivity contribution in [3.63, 3.8) is 0 Å². The summed E-state index contributed by atoms with van der Waals surface area (Å²) >= 11 is 0. The number of carbonyl (C=O) groups is 1. The van der Waals surface area contributed by atoms with E-state index in [1.165, 1.54) is 0 Å². The second-order valence-corrected chi connectivity index (χ2v) is 4.50. The lowest BCUT2D eigenvalue weighted by Gasteiger charge is -1.90. The molecule has 0 aromatic carbocycles. The van der Waals surface area contributed by atoms with Crippen molar-refractivity contribution in [2.24, 2.45) is 0 Å². The third-order valence-electron chi connectivity index (χ3n) is 0.453. The summed E-state index contributed by atoms with van der Waals surface area (Å²) in [4.78, 5) is 12.1. The van der Waals surface area contributed by atoms with Gasteiger partial charge in [0.25, 0.3) is 10.1 Å². The van der Waals surface area contributed by atoms with E-state index in [-0.39, 0.29) is 5.97 Å². The summed E-state index contributed by atoms with van der Waals surface area (Å²) in [6.07, 6.45) is 1.86. The van der Waals surface area contributed by atoms with Crippen molar-refractivity contribution in [1.29, 1.82) is 0 Å². The van der Waals surface area contributed by atoms with Crippen LogP contribution in [0.2, 0.25) is 0 Å². The Morgan fingerprint density at radius 3 is 1.75 bits per heavy atom. The van der Waals surface area contributed by atoms with Gasteiger partial charge in [0.2, 0.25) is 0 Å². The molecule has 0 amide bonds. The second-order valence-electron chi connectivity index (χ2n) is 3.03. The highest BCUT2D eigenvalue weighted by Crippen LogP contribution is 1.74. The third-order valence-corrected chi connectivity index (χ3v) is 0.453. The molecule has 0 atom stereocenters. The minimum atomic E-state index is -3.67. The van der Waals surface area contributed by atoms with Gasteiger partial charge >= 0.3 is 5.97 Å². The zero-order chi connectivity index (χ0) is 13.8. The highest BCUT2D eigenvalue weighted by atomic mass is 32.2. The van der Waals surface area contributed by atoms with Crippen molar-refractivity contribution < 1.29 is 22.5 Å². The molecular weight excluding hydrogens is 234 g/mol. The Bertz CT molecular complexity index is 261. The summed E-state index contributed by atoms with van der Waals surface area (Å²) in [7, 11) is 2.33. The predicted molar refractivity (Wildman–Crippen MR) is 63.9 cm³/mol. The maximum absolute atomic E-state index is 10.1. The first kappa shape index (κ1) is 20.5. The molecule has 98 valence electrons. The quantitative estimate of drug-likeness (QED) is 0.437. The van der Waals surface area contributed by atoms with Crippen molar-refractivity contribution in [3.8, 4) is 0 Å². The molecule has 0 aliphatic carbocycles. The molecule has 0 radical (unpaired) electrons. The van der Waals surface area contributed by atoms with Crippen LogP contribution in [0.5, 0.6) is 0 Å². The topological polar surface area (TPSA) is 83.9 Å². The fourth-order valence-electron chi connectivity index (χ4n) is 0.201. The van der Waals surface area contributed by atoms with E-state index in [9.17, 15) is 13.2 Å². The van der Waals surface area contributed by atoms with Gasteiger partial charge in [0.05, 0.1) is 12.9 Å². The molecule has 0 unspecified atom stereocenters. The summed E-state index contributed by atoms with van der Waals surface area (Å²) < 4.78 is 30.3. The second kappa shape index (κ2) is 12.2. The van der Waals surface area contributed by atoms with Gasteiger partial charge in [0.1, 0.15) is 0 Å². The maximum atomic E-state index is 10.1. The molecule has 0 spiro atoms. The van der Waals surface area contributed by atoms with Gasteiger partial charge in [0, 0.05) is 6.08 Å². The minimum Gasteiger partial charge on any atom is -0.463 e. The molecular formula is C9H21NO5S. The van der Waals surface area contributed by atoms with Crippen LogP contribution in [-0.4, -0.2) is 57.8 Å². The molecule has 0 aliphatic rings. The Balaban J connectivity index is -0.000000166. The lowest BCUT2D eigenvalue weighted by molar-refractivity contribution is -0.137. The summed E-state index contributed by atoms with van der Waals surface area (Å²) in [5.74, 6) is -0.359. The first-order chi connectivity index (χ1) is 7.04. The van der Waals surface area contributed by atoms with Crippen LogP contribution in [0.25, 0.3) is 0 Å². The normalized spacial score (nSPS) is 9.19. The average Bonchev–Trinajstić information content (AvgIpc) is 2.00.